The minimum atomic E-state index is -3.76. The largest absolute Gasteiger partial charge is 0.269 e. The molecule has 4 aromatic rings. The van der Waals surface area contributed by atoms with Crippen LogP contribution < -0.4 is 0 Å². The van der Waals surface area contributed by atoms with Crippen molar-refractivity contribution in [3.05, 3.63) is 84.2 Å². The summed E-state index contributed by atoms with van der Waals surface area (Å²) in [6.07, 6.45) is 9.70. The van der Waals surface area contributed by atoms with Crippen molar-refractivity contribution in [2.75, 3.05) is 0 Å². The number of hydrogen-bond donors (Lipinski definition) is 0. The van der Waals surface area contributed by atoms with Crippen LogP contribution in [0.1, 0.15) is 49.1 Å². The van der Waals surface area contributed by atoms with E-state index in [-0.39, 0.29) is 37.6 Å². The van der Waals surface area contributed by atoms with Crippen molar-refractivity contribution in [3.8, 4) is 11.1 Å². The van der Waals surface area contributed by atoms with Gasteiger partial charge in [-0.1, -0.05) is 37.0 Å². The zero-order valence-electron chi connectivity index (χ0n) is 18.2. The second-order valence-electron chi connectivity index (χ2n) is 8.42. The van der Waals surface area contributed by atoms with Crippen LogP contribution in [0.2, 0.25) is 0 Å². The molecular weight excluding hydrogens is 493 g/mol. The molecule has 1 radical (unpaired) electrons. The first-order valence-electron chi connectivity index (χ1n) is 10.8. The molecule has 4 nitrogen and oxygen atoms in total. The smallest absolute Gasteiger partial charge is 0.237 e. The topological polar surface area (TPSA) is 52.0 Å². The monoisotopic (exact) mass is 518 g/mol. The molecule has 2 aromatic carbocycles. The molecule has 1 aliphatic rings. The van der Waals surface area contributed by atoms with E-state index in [9.17, 15) is 8.42 Å². The number of benzene rings is 2. The van der Waals surface area contributed by atoms with Crippen molar-refractivity contribution < 1.29 is 41.1 Å². The third kappa shape index (κ3) is 4.35. The van der Waals surface area contributed by atoms with Gasteiger partial charge in [0.1, 0.15) is 0 Å². The summed E-state index contributed by atoms with van der Waals surface area (Å²) < 4.78 is 28.3. The minimum Gasteiger partial charge on any atom is -0.237 e. The number of rotatable bonds is 4. The average molecular weight is 518 g/mol. The van der Waals surface area contributed by atoms with Gasteiger partial charge >= 0.3 is 0 Å². The van der Waals surface area contributed by atoms with Gasteiger partial charge in [0.2, 0.25) is 0 Å². The second-order valence-corrected chi connectivity index (χ2v) is 10.2. The molecule has 0 unspecified atom stereocenters. The molecule has 0 atom stereocenters. The van der Waals surface area contributed by atoms with Crippen LogP contribution in [0.25, 0.3) is 22.2 Å². The summed E-state index contributed by atoms with van der Waals surface area (Å²) in [5.41, 5.74) is 4.51. The van der Waals surface area contributed by atoms with Gasteiger partial charge in [-0.25, -0.2) is 17.4 Å². The van der Waals surface area contributed by atoms with Crippen molar-refractivity contribution in [2.24, 2.45) is 0 Å². The zero-order chi connectivity index (χ0) is 21.4. The van der Waals surface area contributed by atoms with Crippen LogP contribution >= 0.6 is 0 Å². The maximum absolute atomic E-state index is 13.5. The molecule has 0 spiro atoms. The van der Waals surface area contributed by atoms with E-state index < -0.39 is 10.0 Å². The van der Waals surface area contributed by atoms with Crippen LogP contribution in [-0.2, 0) is 42.7 Å². The zero-order valence-corrected chi connectivity index (χ0v) is 21.8. The van der Waals surface area contributed by atoms with Crippen molar-refractivity contribution in [3.63, 3.8) is 0 Å². The van der Waals surface area contributed by atoms with Gasteiger partial charge in [-0.3, -0.25) is 0 Å². The molecule has 0 saturated heterocycles. The number of nitrogens with zero attached hydrogens (tertiary/aromatic N) is 2. The van der Waals surface area contributed by atoms with Crippen LogP contribution in [-0.4, -0.2) is 17.4 Å². The van der Waals surface area contributed by atoms with Gasteiger partial charge in [0.15, 0.2) is 5.65 Å². The predicted molar refractivity (Wildman–Crippen MR) is 124 cm³/mol. The molecule has 0 amide bonds. The number of fused-ring (bicyclic) bond motifs is 1. The Morgan fingerprint density at radius 2 is 1.81 bits per heavy atom. The first-order chi connectivity index (χ1) is 15.0. The van der Waals surface area contributed by atoms with Crippen LogP contribution in [0.15, 0.2) is 71.9 Å². The van der Waals surface area contributed by atoms with Crippen LogP contribution in [0, 0.1) is 13.0 Å². The Hall–Kier alpha value is -1.82. The standard InChI is InChI=1S/C26H25N2O2S.Y/c1-19-12-14-23(15-13-19)31(29,30)28-18-25(21-10-6-3-7-11-21)24-16-22(17-27-26(24)28)20-8-4-2-5-9-20;/h3,6,10-18,20H,2,4-5,8-9H2,1H3;/q-1;. The Labute approximate surface area is 215 Å². The Morgan fingerprint density at radius 1 is 1.06 bits per heavy atom. The van der Waals surface area contributed by atoms with Gasteiger partial charge < -0.3 is 0 Å². The summed E-state index contributed by atoms with van der Waals surface area (Å²) in [5.74, 6) is 0.498. The van der Waals surface area contributed by atoms with Crippen LogP contribution in [0.3, 0.4) is 0 Å². The van der Waals surface area contributed by atoms with E-state index in [0.29, 0.717) is 11.6 Å². The molecule has 5 rings (SSSR count). The summed E-state index contributed by atoms with van der Waals surface area (Å²) in [5, 5.41) is 0.873. The summed E-state index contributed by atoms with van der Waals surface area (Å²) in [6.45, 7) is 1.94. The van der Waals surface area contributed by atoms with Gasteiger partial charge in [0.25, 0.3) is 10.0 Å². The SMILES string of the molecule is Cc1ccc(S(=O)(=O)n2cc(-c3c[c-]ccc3)c3cc(C4CCCCC4)cnc32)cc1.[Y]. The summed E-state index contributed by atoms with van der Waals surface area (Å²) in [7, 11) is -3.76. The summed E-state index contributed by atoms with van der Waals surface area (Å²) >= 11 is 0. The molecule has 2 heterocycles. The quantitative estimate of drug-likeness (QED) is 0.307. The predicted octanol–water partition coefficient (Wildman–Crippen LogP) is 6.09. The third-order valence-electron chi connectivity index (χ3n) is 6.31. The van der Waals surface area contributed by atoms with Gasteiger partial charge in [-0.2, -0.15) is 30.3 Å². The fourth-order valence-corrected chi connectivity index (χ4v) is 5.88. The first-order valence-corrected chi connectivity index (χ1v) is 12.3. The fourth-order valence-electron chi connectivity index (χ4n) is 4.55. The van der Waals surface area contributed by atoms with Gasteiger partial charge in [0, 0.05) is 50.5 Å². The maximum Gasteiger partial charge on any atom is 0.269 e. The van der Waals surface area contributed by atoms with E-state index in [0.717, 1.165) is 22.1 Å². The van der Waals surface area contributed by atoms with Gasteiger partial charge in [0.05, 0.1) is 4.90 Å². The molecule has 0 bridgehead atoms. The molecule has 1 saturated carbocycles. The number of pyridine rings is 1. The number of aromatic nitrogens is 2. The molecule has 0 aliphatic heterocycles. The molecule has 161 valence electrons. The number of hydrogen-bond acceptors (Lipinski definition) is 3. The summed E-state index contributed by atoms with van der Waals surface area (Å²) in [6, 6.07) is 19.9. The van der Waals surface area contributed by atoms with E-state index in [2.05, 4.69) is 17.1 Å². The molecule has 0 N–H and O–H groups in total. The fraction of sp³-hybridized carbons (Fsp3) is 0.269. The van der Waals surface area contributed by atoms with E-state index in [1.165, 1.54) is 41.6 Å². The van der Waals surface area contributed by atoms with E-state index in [1.807, 2.05) is 49.5 Å². The third-order valence-corrected chi connectivity index (χ3v) is 7.97. The molecule has 32 heavy (non-hydrogen) atoms. The Balaban J connectivity index is 0.00000245. The van der Waals surface area contributed by atoms with Crippen molar-refractivity contribution in [1.82, 2.24) is 8.96 Å². The van der Waals surface area contributed by atoms with Crippen molar-refractivity contribution in [1.29, 1.82) is 0 Å². The van der Waals surface area contributed by atoms with Crippen molar-refractivity contribution >= 4 is 21.1 Å². The maximum atomic E-state index is 13.5. The van der Waals surface area contributed by atoms with Crippen LogP contribution in [0.5, 0.6) is 0 Å². The minimum absolute atomic E-state index is 0. The molecule has 2 aromatic heterocycles. The van der Waals surface area contributed by atoms with Gasteiger partial charge in [-0.15, -0.1) is 5.56 Å². The Bertz CT molecular complexity index is 1320. The molecule has 1 fully saturated rings. The van der Waals surface area contributed by atoms with E-state index in [4.69, 9.17) is 0 Å². The van der Waals surface area contributed by atoms with Gasteiger partial charge in [-0.05, 0) is 55.0 Å². The molecule has 1 aliphatic carbocycles. The Morgan fingerprint density at radius 3 is 2.50 bits per heavy atom. The normalized spacial score (nSPS) is 14.9. The molecular formula is C26H25N2O2SY-. The van der Waals surface area contributed by atoms with Crippen molar-refractivity contribution in [2.45, 2.75) is 49.8 Å². The van der Waals surface area contributed by atoms with E-state index in [1.54, 1.807) is 18.3 Å². The first kappa shape index (κ1) is 23.3. The molecule has 6 heteroatoms. The Kier molecular flexibility index (Phi) is 6.99. The van der Waals surface area contributed by atoms with Crippen LogP contribution in [0.4, 0.5) is 0 Å². The summed E-state index contributed by atoms with van der Waals surface area (Å²) in [4.78, 5) is 4.95. The average Bonchev–Trinajstić information content (AvgIpc) is 3.20. The second kappa shape index (κ2) is 9.58. The number of aryl methyl sites for hydroxylation is 1. The van der Waals surface area contributed by atoms with E-state index >= 15 is 0 Å².